The molecule has 0 bridgehead atoms. The normalized spacial score (nSPS) is 15.4. The summed E-state index contributed by atoms with van der Waals surface area (Å²) in [5.41, 5.74) is 0.814. The van der Waals surface area contributed by atoms with Crippen molar-refractivity contribution in [3.63, 3.8) is 0 Å². The summed E-state index contributed by atoms with van der Waals surface area (Å²) in [4.78, 5) is 32.7. The Kier molecular flexibility index (Phi) is 4.51. The van der Waals surface area contributed by atoms with E-state index in [4.69, 9.17) is 9.15 Å². The van der Waals surface area contributed by atoms with Crippen LogP contribution in [0.5, 0.6) is 11.5 Å². The summed E-state index contributed by atoms with van der Waals surface area (Å²) in [5, 5.41) is 10.4. The van der Waals surface area contributed by atoms with Crippen LogP contribution in [-0.4, -0.2) is 23.1 Å². The molecule has 0 aliphatic carbocycles. The molecule has 0 fully saturated rings. The van der Waals surface area contributed by atoms with E-state index >= 15 is 0 Å². The fourth-order valence-electron chi connectivity index (χ4n) is 3.86. The lowest BCUT2D eigenvalue weighted by Crippen LogP contribution is -2.30. The van der Waals surface area contributed by atoms with Crippen LogP contribution in [0.15, 0.2) is 74.5 Å². The molecule has 5 rings (SSSR count). The molecule has 0 radical (unpaired) electrons. The van der Waals surface area contributed by atoms with Crippen LogP contribution in [0.2, 0.25) is 0 Å². The molecule has 2 aromatic carbocycles. The summed E-state index contributed by atoms with van der Waals surface area (Å²) in [7, 11) is 1.43. The molecule has 2 aromatic heterocycles. The van der Waals surface area contributed by atoms with Gasteiger partial charge in [-0.2, -0.15) is 0 Å². The summed E-state index contributed by atoms with van der Waals surface area (Å²) < 4.78 is 11.9. The highest BCUT2D eigenvalue weighted by atomic mass is 79.9. The SMILES string of the molecule is COc1cc(C2c3c(oc4ccc(Br)cc4c3=O)C(=O)N2c2ccccn2)ccc1O. The minimum Gasteiger partial charge on any atom is -0.504 e. The number of aromatic hydroxyl groups is 1. The van der Waals surface area contributed by atoms with Gasteiger partial charge in [0.15, 0.2) is 16.9 Å². The van der Waals surface area contributed by atoms with Crippen molar-refractivity contribution in [3.05, 3.63) is 92.4 Å². The molecule has 1 atom stereocenters. The number of rotatable bonds is 3. The monoisotopic (exact) mass is 478 g/mol. The number of benzene rings is 2. The number of hydrogen-bond acceptors (Lipinski definition) is 6. The molecule has 4 aromatic rings. The highest BCUT2D eigenvalue weighted by Gasteiger charge is 2.44. The topological polar surface area (TPSA) is 92.9 Å². The number of hydrogen-bond donors (Lipinski definition) is 1. The number of ether oxygens (including phenoxy) is 1. The Hall–Kier alpha value is -3.65. The van der Waals surface area contributed by atoms with Crippen molar-refractivity contribution >= 4 is 38.6 Å². The molecule has 7 nitrogen and oxygen atoms in total. The largest absolute Gasteiger partial charge is 0.504 e. The van der Waals surface area contributed by atoms with E-state index in [-0.39, 0.29) is 28.3 Å². The first-order chi connectivity index (χ1) is 15.0. The van der Waals surface area contributed by atoms with Gasteiger partial charge in [0.1, 0.15) is 11.4 Å². The van der Waals surface area contributed by atoms with Crippen LogP contribution in [0.3, 0.4) is 0 Å². The van der Waals surface area contributed by atoms with Crippen molar-refractivity contribution in [2.45, 2.75) is 6.04 Å². The molecular weight excluding hydrogens is 464 g/mol. The van der Waals surface area contributed by atoms with Crippen molar-refractivity contribution in [1.29, 1.82) is 0 Å². The van der Waals surface area contributed by atoms with Gasteiger partial charge in [0.25, 0.3) is 5.91 Å². The van der Waals surface area contributed by atoms with Gasteiger partial charge in [-0.1, -0.05) is 28.1 Å². The average Bonchev–Trinajstić information content (AvgIpc) is 3.08. The predicted octanol–water partition coefficient (Wildman–Crippen LogP) is 4.41. The van der Waals surface area contributed by atoms with E-state index in [0.29, 0.717) is 22.4 Å². The highest BCUT2D eigenvalue weighted by Crippen LogP contribution is 2.42. The Labute approximate surface area is 184 Å². The van der Waals surface area contributed by atoms with Crippen LogP contribution in [0, 0.1) is 0 Å². The van der Waals surface area contributed by atoms with Gasteiger partial charge in [-0.15, -0.1) is 0 Å². The lowest BCUT2D eigenvalue weighted by molar-refractivity contribution is 0.0970. The number of phenolic OH excluding ortho intramolecular Hbond substituents is 1. The minimum absolute atomic E-state index is 0.0254. The van der Waals surface area contributed by atoms with Gasteiger partial charge < -0.3 is 14.3 Å². The zero-order valence-corrected chi connectivity index (χ0v) is 17.8. The molecule has 1 aliphatic rings. The molecule has 1 amide bonds. The van der Waals surface area contributed by atoms with E-state index in [1.807, 2.05) is 0 Å². The van der Waals surface area contributed by atoms with Gasteiger partial charge >= 0.3 is 0 Å². The lowest BCUT2D eigenvalue weighted by atomic mass is 9.98. The second-order valence-corrected chi connectivity index (χ2v) is 7.93. The number of carbonyl (C=O) groups is 1. The Morgan fingerprint density at radius 2 is 1.97 bits per heavy atom. The van der Waals surface area contributed by atoms with Crippen LogP contribution < -0.4 is 15.1 Å². The fraction of sp³-hybridized carbons (Fsp3) is 0.0870. The third kappa shape index (κ3) is 2.98. The maximum Gasteiger partial charge on any atom is 0.296 e. The van der Waals surface area contributed by atoms with E-state index in [0.717, 1.165) is 4.47 Å². The standard InChI is InChI=1S/C23H15BrN2O5/c1-30-17-10-12(5-7-15(17)27)20-19-21(28)14-11-13(24)6-8-16(14)31-22(19)23(29)26(20)18-4-2-3-9-25-18/h2-11,20,27H,1H3. The number of carbonyl (C=O) groups excluding carboxylic acids is 1. The lowest BCUT2D eigenvalue weighted by Gasteiger charge is -2.24. The number of fused-ring (bicyclic) bond motifs is 2. The quantitative estimate of drug-likeness (QED) is 0.468. The number of halogens is 1. The van der Waals surface area contributed by atoms with E-state index in [1.54, 1.807) is 54.7 Å². The summed E-state index contributed by atoms with van der Waals surface area (Å²) in [6.07, 6.45) is 1.57. The first-order valence-corrected chi connectivity index (χ1v) is 10.2. The number of methoxy groups -OCH3 is 1. The van der Waals surface area contributed by atoms with Gasteiger partial charge in [-0.25, -0.2) is 4.98 Å². The molecule has 1 aliphatic heterocycles. The summed E-state index contributed by atoms with van der Waals surface area (Å²) >= 11 is 3.38. The Morgan fingerprint density at radius 1 is 1.13 bits per heavy atom. The smallest absolute Gasteiger partial charge is 0.296 e. The van der Waals surface area contributed by atoms with E-state index in [2.05, 4.69) is 20.9 Å². The van der Waals surface area contributed by atoms with Crippen molar-refractivity contribution in [3.8, 4) is 11.5 Å². The summed E-state index contributed by atoms with van der Waals surface area (Å²) in [6.45, 7) is 0. The molecule has 31 heavy (non-hydrogen) atoms. The zero-order chi connectivity index (χ0) is 21.7. The number of pyridine rings is 1. The molecule has 0 spiro atoms. The zero-order valence-electron chi connectivity index (χ0n) is 16.2. The Balaban J connectivity index is 1.83. The van der Waals surface area contributed by atoms with Crippen LogP contribution in [0.1, 0.15) is 27.7 Å². The molecule has 1 unspecified atom stereocenters. The number of aromatic nitrogens is 1. The third-order valence-corrected chi connectivity index (χ3v) is 5.74. The first-order valence-electron chi connectivity index (χ1n) is 9.37. The Bertz CT molecular complexity index is 1400. The summed E-state index contributed by atoms with van der Waals surface area (Å²) in [5.74, 6) is 0.0673. The fourth-order valence-corrected chi connectivity index (χ4v) is 4.22. The predicted molar refractivity (Wildman–Crippen MR) is 118 cm³/mol. The minimum atomic E-state index is -0.800. The number of nitrogens with zero attached hydrogens (tertiary/aromatic N) is 2. The van der Waals surface area contributed by atoms with Crippen molar-refractivity contribution in [2.24, 2.45) is 0 Å². The van der Waals surface area contributed by atoms with Crippen LogP contribution in [-0.2, 0) is 0 Å². The first kappa shape index (κ1) is 19.3. The van der Waals surface area contributed by atoms with Gasteiger partial charge in [0, 0.05) is 10.7 Å². The molecule has 1 N–H and O–H groups in total. The number of phenols is 1. The second kappa shape index (κ2) is 7.24. The summed E-state index contributed by atoms with van der Waals surface area (Å²) in [6, 6.07) is 14.2. The second-order valence-electron chi connectivity index (χ2n) is 7.01. The maximum absolute atomic E-state index is 13.5. The molecule has 154 valence electrons. The van der Waals surface area contributed by atoms with E-state index < -0.39 is 11.9 Å². The van der Waals surface area contributed by atoms with Crippen LogP contribution in [0.4, 0.5) is 5.82 Å². The van der Waals surface area contributed by atoms with Crippen molar-refractivity contribution in [2.75, 3.05) is 12.0 Å². The van der Waals surface area contributed by atoms with Crippen molar-refractivity contribution < 1.29 is 19.1 Å². The average molecular weight is 479 g/mol. The molecule has 8 heteroatoms. The molecule has 3 heterocycles. The van der Waals surface area contributed by atoms with E-state index in [9.17, 15) is 14.7 Å². The van der Waals surface area contributed by atoms with Gasteiger partial charge in [-0.05, 0) is 48.0 Å². The van der Waals surface area contributed by atoms with Crippen molar-refractivity contribution in [1.82, 2.24) is 4.98 Å². The van der Waals surface area contributed by atoms with Crippen LogP contribution >= 0.6 is 15.9 Å². The van der Waals surface area contributed by atoms with E-state index in [1.165, 1.54) is 18.1 Å². The highest BCUT2D eigenvalue weighted by molar-refractivity contribution is 9.10. The number of amides is 1. The Morgan fingerprint density at radius 3 is 2.71 bits per heavy atom. The molecule has 0 saturated carbocycles. The molecular formula is C23H15BrN2O5. The van der Waals surface area contributed by atoms with Gasteiger partial charge in [0.2, 0.25) is 5.76 Å². The van der Waals surface area contributed by atoms with Crippen LogP contribution in [0.25, 0.3) is 11.0 Å². The third-order valence-electron chi connectivity index (χ3n) is 5.25. The maximum atomic E-state index is 13.5. The van der Waals surface area contributed by atoms with Gasteiger partial charge in [-0.3, -0.25) is 14.5 Å². The molecule has 0 saturated heterocycles. The van der Waals surface area contributed by atoms with Gasteiger partial charge in [0.05, 0.1) is 24.1 Å². The number of anilines is 1.